The van der Waals surface area contributed by atoms with E-state index in [1.54, 1.807) is 0 Å². The van der Waals surface area contributed by atoms with Crippen molar-refractivity contribution in [3.05, 3.63) is 35.9 Å². The van der Waals surface area contributed by atoms with Gasteiger partial charge in [-0.15, -0.1) is 0 Å². The van der Waals surface area contributed by atoms with Gasteiger partial charge in [-0.3, -0.25) is 4.90 Å². The van der Waals surface area contributed by atoms with Gasteiger partial charge in [0, 0.05) is 31.2 Å². The Labute approximate surface area is 128 Å². The van der Waals surface area contributed by atoms with Crippen molar-refractivity contribution in [2.24, 2.45) is 11.8 Å². The van der Waals surface area contributed by atoms with E-state index in [9.17, 15) is 0 Å². The average Bonchev–Trinajstić information content (AvgIpc) is 3.29. The fraction of sp³-hybridized carbons (Fsp3) is 0.684. The summed E-state index contributed by atoms with van der Waals surface area (Å²) in [6.07, 6.45) is 7.14. The molecular weight excluding hydrogens is 256 g/mol. The minimum absolute atomic E-state index is 0.576. The van der Waals surface area contributed by atoms with Crippen LogP contribution in [0.15, 0.2) is 30.3 Å². The van der Waals surface area contributed by atoms with E-state index in [-0.39, 0.29) is 0 Å². The van der Waals surface area contributed by atoms with Crippen molar-refractivity contribution in [1.82, 2.24) is 10.2 Å². The highest BCUT2D eigenvalue weighted by molar-refractivity contribution is 5.21. The zero-order valence-electron chi connectivity index (χ0n) is 13.2. The summed E-state index contributed by atoms with van der Waals surface area (Å²) in [4.78, 5) is 2.87. The molecule has 0 spiro atoms. The number of nitrogens with zero attached hydrogens (tertiary/aromatic N) is 1. The molecule has 4 atom stereocenters. The fourth-order valence-electron chi connectivity index (χ4n) is 4.58. The third kappa shape index (κ3) is 2.76. The van der Waals surface area contributed by atoms with E-state index in [1.165, 1.54) is 44.2 Å². The molecule has 2 saturated carbocycles. The van der Waals surface area contributed by atoms with E-state index < -0.39 is 0 Å². The predicted octanol–water partition coefficient (Wildman–Crippen LogP) is 3.60. The molecule has 1 aliphatic heterocycles. The molecule has 1 N–H and O–H groups in total. The molecule has 21 heavy (non-hydrogen) atoms. The molecular formula is C19H28N2. The second-order valence-electron chi connectivity index (χ2n) is 7.45. The molecule has 4 rings (SSSR count). The normalized spacial score (nSPS) is 37.8. The molecule has 1 heterocycles. The highest BCUT2D eigenvalue weighted by atomic mass is 15.3. The third-order valence-corrected chi connectivity index (χ3v) is 6.00. The smallest absolute Gasteiger partial charge is 0.0476 e. The van der Waals surface area contributed by atoms with Crippen molar-refractivity contribution in [3.8, 4) is 0 Å². The Bertz CT molecular complexity index is 468. The molecule has 2 nitrogen and oxygen atoms in total. The van der Waals surface area contributed by atoms with Crippen LogP contribution in [0.1, 0.15) is 50.6 Å². The Morgan fingerprint density at radius 1 is 1.05 bits per heavy atom. The first-order valence-electron chi connectivity index (χ1n) is 8.87. The van der Waals surface area contributed by atoms with Crippen molar-refractivity contribution >= 4 is 0 Å². The second kappa shape index (κ2) is 5.73. The van der Waals surface area contributed by atoms with Crippen LogP contribution in [0.25, 0.3) is 0 Å². The SMILES string of the molecule is CC1CCCC1N1CC(C2CC2)NCC1c1ccccc1. The highest BCUT2D eigenvalue weighted by Crippen LogP contribution is 2.40. The molecule has 2 heteroatoms. The number of benzene rings is 1. The Morgan fingerprint density at radius 2 is 1.86 bits per heavy atom. The van der Waals surface area contributed by atoms with E-state index >= 15 is 0 Å². The lowest BCUT2D eigenvalue weighted by atomic mass is 9.94. The van der Waals surface area contributed by atoms with Crippen LogP contribution >= 0.6 is 0 Å². The molecule has 3 aliphatic rings. The van der Waals surface area contributed by atoms with E-state index in [0.717, 1.165) is 30.5 Å². The maximum Gasteiger partial charge on any atom is 0.0476 e. The number of nitrogens with one attached hydrogen (secondary N) is 1. The van der Waals surface area contributed by atoms with Gasteiger partial charge in [0.25, 0.3) is 0 Å². The maximum absolute atomic E-state index is 3.86. The molecule has 1 aromatic carbocycles. The minimum atomic E-state index is 0.576. The van der Waals surface area contributed by atoms with E-state index in [4.69, 9.17) is 0 Å². The zero-order valence-corrected chi connectivity index (χ0v) is 13.2. The molecule has 0 amide bonds. The van der Waals surface area contributed by atoms with Crippen LogP contribution in [0.4, 0.5) is 0 Å². The minimum Gasteiger partial charge on any atom is -0.311 e. The van der Waals surface area contributed by atoms with Gasteiger partial charge in [-0.1, -0.05) is 43.7 Å². The first-order valence-corrected chi connectivity index (χ1v) is 8.87. The van der Waals surface area contributed by atoms with Crippen LogP contribution < -0.4 is 5.32 Å². The van der Waals surface area contributed by atoms with Gasteiger partial charge < -0.3 is 5.32 Å². The van der Waals surface area contributed by atoms with Gasteiger partial charge >= 0.3 is 0 Å². The van der Waals surface area contributed by atoms with E-state index in [0.29, 0.717) is 6.04 Å². The molecule has 3 fully saturated rings. The van der Waals surface area contributed by atoms with Crippen molar-refractivity contribution in [1.29, 1.82) is 0 Å². The molecule has 4 unspecified atom stereocenters. The van der Waals surface area contributed by atoms with Gasteiger partial charge in [-0.05, 0) is 43.1 Å². The van der Waals surface area contributed by atoms with Crippen molar-refractivity contribution in [2.75, 3.05) is 13.1 Å². The van der Waals surface area contributed by atoms with Crippen LogP contribution in [-0.2, 0) is 0 Å². The molecule has 114 valence electrons. The molecule has 0 aromatic heterocycles. The Balaban J connectivity index is 1.58. The molecule has 1 aromatic rings. The number of piperazine rings is 1. The second-order valence-corrected chi connectivity index (χ2v) is 7.45. The molecule has 0 radical (unpaired) electrons. The summed E-state index contributed by atoms with van der Waals surface area (Å²) in [7, 11) is 0. The highest BCUT2D eigenvalue weighted by Gasteiger charge is 2.41. The lowest BCUT2D eigenvalue weighted by Crippen LogP contribution is -2.56. The molecule has 0 bridgehead atoms. The lowest BCUT2D eigenvalue weighted by molar-refractivity contribution is 0.0599. The zero-order chi connectivity index (χ0) is 14.2. The maximum atomic E-state index is 3.86. The number of rotatable bonds is 3. The quantitative estimate of drug-likeness (QED) is 0.912. The fourth-order valence-corrected chi connectivity index (χ4v) is 4.58. The van der Waals surface area contributed by atoms with Gasteiger partial charge in [-0.2, -0.15) is 0 Å². The van der Waals surface area contributed by atoms with E-state index in [2.05, 4.69) is 47.5 Å². The standard InChI is InChI=1S/C19H28N2/c1-14-6-5-9-18(14)21-13-17(15-10-11-15)20-12-19(21)16-7-3-2-4-8-16/h2-4,7-8,14-15,17-20H,5-6,9-13H2,1H3. The van der Waals surface area contributed by atoms with Crippen molar-refractivity contribution in [3.63, 3.8) is 0 Å². The van der Waals surface area contributed by atoms with E-state index in [1.807, 2.05) is 0 Å². The van der Waals surface area contributed by atoms with Crippen LogP contribution in [-0.4, -0.2) is 30.1 Å². The summed E-state index contributed by atoms with van der Waals surface area (Å²) in [6.45, 7) is 4.86. The molecule has 2 aliphatic carbocycles. The summed E-state index contributed by atoms with van der Waals surface area (Å²) < 4.78 is 0. The van der Waals surface area contributed by atoms with Gasteiger partial charge in [0.2, 0.25) is 0 Å². The summed E-state index contributed by atoms with van der Waals surface area (Å²) in [5.74, 6) is 1.83. The Kier molecular flexibility index (Phi) is 3.76. The van der Waals surface area contributed by atoms with Gasteiger partial charge in [0.05, 0.1) is 0 Å². The number of hydrogen-bond donors (Lipinski definition) is 1. The topological polar surface area (TPSA) is 15.3 Å². The van der Waals surface area contributed by atoms with Crippen LogP contribution in [0.2, 0.25) is 0 Å². The summed E-state index contributed by atoms with van der Waals surface area (Å²) >= 11 is 0. The first-order chi connectivity index (χ1) is 10.3. The van der Waals surface area contributed by atoms with Crippen molar-refractivity contribution < 1.29 is 0 Å². The van der Waals surface area contributed by atoms with Gasteiger partial charge in [0.1, 0.15) is 0 Å². The lowest BCUT2D eigenvalue weighted by Gasteiger charge is -2.45. The third-order valence-electron chi connectivity index (χ3n) is 6.00. The summed E-state index contributed by atoms with van der Waals surface area (Å²) in [6, 6.07) is 13.3. The van der Waals surface area contributed by atoms with Gasteiger partial charge in [-0.25, -0.2) is 0 Å². The summed E-state index contributed by atoms with van der Waals surface area (Å²) in [5, 5.41) is 3.86. The largest absolute Gasteiger partial charge is 0.311 e. The van der Waals surface area contributed by atoms with Gasteiger partial charge in [0.15, 0.2) is 0 Å². The van der Waals surface area contributed by atoms with Crippen LogP contribution in [0.5, 0.6) is 0 Å². The van der Waals surface area contributed by atoms with Crippen LogP contribution in [0, 0.1) is 11.8 Å². The van der Waals surface area contributed by atoms with Crippen molar-refractivity contribution in [2.45, 2.75) is 57.2 Å². The Hall–Kier alpha value is -0.860. The monoisotopic (exact) mass is 284 g/mol. The Morgan fingerprint density at radius 3 is 2.52 bits per heavy atom. The number of hydrogen-bond acceptors (Lipinski definition) is 2. The average molecular weight is 284 g/mol. The van der Waals surface area contributed by atoms with Crippen LogP contribution in [0.3, 0.4) is 0 Å². The first kappa shape index (κ1) is 13.8. The molecule has 1 saturated heterocycles. The summed E-state index contributed by atoms with van der Waals surface area (Å²) in [5.41, 5.74) is 1.50. The predicted molar refractivity (Wildman–Crippen MR) is 87.2 cm³/mol.